The van der Waals surface area contributed by atoms with E-state index in [0.717, 1.165) is 24.3 Å². The summed E-state index contributed by atoms with van der Waals surface area (Å²) in [5, 5.41) is 3.41. The van der Waals surface area contributed by atoms with Gasteiger partial charge in [0, 0.05) is 30.6 Å². The van der Waals surface area contributed by atoms with Crippen LogP contribution >= 0.6 is 27.3 Å². The molecule has 0 aliphatic heterocycles. The van der Waals surface area contributed by atoms with Gasteiger partial charge < -0.3 is 5.32 Å². The number of rotatable bonds is 6. The number of nitrogens with zero attached hydrogens (tertiary/aromatic N) is 1. The molecule has 19 heavy (non-hydrogen) atoms. The fraction of sp³-hybridized carbons (Fsp3) is 0.667. The van der Waals surface area contributed by atoms with Crippen LogP contribution in [-0.2, 0) is 16.6 Å². The van der Waals surface area contributed by atoms with Crippen LogP contribution in [0.15, 0.2) is 14.7 Å². The lowest BCUT2D eigenvalue weighted by molar-refractivity contribution is 0.464. The Morgan fingerprint density at radius 2 is 2.11 bits per heavy atom. The molecule has 3 rings (SSSR count). The molecule has 2 aliphatic carbocycles. The lowest BCUT2D eigenvalue weighted by Gasteiger charge is -2.15. The van der Waals surface area contributed by atoms with E-state index in [1.165, 1.54) is 28.5 Å². The Balaban J connectivity index is 1.78. The number of nitrogens with one attached hydrogen (secondary N) is 1. The van der Waals surface area contributed by atoms with Crippen LogP contribution in [0.2, 0.25) is 0 Å². The monoisotopic (exact) mass is 364 g/mol. The Labute approximate surface area is 126 Å². The van der Waals surface area contributed by atoms with Gasteiger partial charge in [0.25, 0.3) is 0 Å². The molecule has 1 aromatic rings. The molecule has 0 saturated heterocycles. The molecule has 1 heterocycles. The average molecular weight is 365 g/mol. The van der Waals surface area contributed by atoms with E-state index < -0.39 is 10.0 Å². The molecule has 106 valence electrons. The van der Waals surface area contributed by atoms with Crippen molar-refractivity contribution >= 4 is 37.3 Å². The van der Waals surface area contributed by atoms with E-state index in [9.17, 15) is 8.42 Å². The lowest BCUT2D eigenvalue weighted by Crippen LogP contribution is -2.28. The molecular weight excluding hydrogens is 348 g/mol. The molecule has 0 bridgehead atoms. The van der Waals surface area contributed by atoms with Crippen LogP contribution in [0.1, 0.15) is 30.6 Å². The number of hydrogen-bond acceptors (Lipinski definition) is 4. The maximum atomic E-state index is 12.5. The summed E-state index contributed by atoms with van der Waals surface area (Å²) in [4.78, 5) is 1.49. The van der Waals surface area contributed by atoms with E-state index in [1.807, 2.05) is 0 Å². The van der Waals surface area contributed by atoms with E-state index >= 15 is 0 Å². The number of thiophene rings is 1. The third-order valence-electron chi connectivity index (χ3n) is 3.57. The molecule has 1 N–H and O–H groups in total. The van der Waals surface area contributed by atoms with E-state index in [4.69, 9.17) is 0 Å². The molecule has 0 radical (unpaired) electrons. The van der Waals surface area contributed by atoms with Crippen LogP contribution in [0.4, 0.5) is 0 Å². The van der Waals surface area contributed by atoms with Crippen molar-refractivity contribution < 1.29 is 8.42 Å². The SMILES string of the molecule is CN(C1CC1)S(=O)(=O)c1cc(CNC2CC2)sc1Br. The van der Waals surface area contributed by atoms with Gasteiger partial charge in [-0.3, -0.25) is 0 Å². The minimum atomic E-state index is -3.34. The number of hydrogen-bond donors (Lipinski definition) is 1. The molecule has 0 aromatic carbocycles. The fourth-order valence-electron chi connectivity index (χ4n) is 1.98. The highest BCUT2D eigenvalue weighted by Gasteiger charge is 2.36. The molecule has 7 heteroatoms. The van der Waals surface area contributed by atoms with Gasteiger partial charge in [-0.1, -0.05) is 0 Å². The fourth-order valence-corrected chi connectivity index (χ4v) is 5.98. The topological polar surface area (TPSA) is 49.4 Å². The van der Waals surface area contributed by atoms with E-state index in [2.05, 4.69) is 21.2 Å². The Morgan fingerprint density at radius 3 is 2.68 bits per heavy atom. The molecule has 2 fully saturated rings. The minimum Gasteiger partial charge on any atom is -0.309 e. The smallest absolute Gasteiger partial charge is 0.245 e. The zero-order chi connectivity index (χ0) is 13.6. The van der Waals surface area contributed by atoms with Crippen molar-refractivity contribution in [3.8, 4) is 0 Å². The number of sulfonamides is 1. The summed E-state index contributed by atoms with van der Waals surface area (Å²) < 4.78 is 27.2. The highest BCUT2D eigenvalue weighted by molar-refractivity contribution is 9.11. The molecule has 0 spiro atoms. The second kappa shape index (κ2) is 5.11. The average Bonchev–Trinajstić information content (AvgIpc) is 3.24. The van der Waals surface area contributed by atoms with Crippen molar-refractivity contribution in [2.24, 2.45) is 0 Å². The van der Waals surface area contributed by atoms with Crippen LogP contribution < -0.4 is 5.32 Å². The van der Waals surface area contributed by atoms with Gasteiger partial charge in [-0.2, -0.15) is 4.31 Å². The lowest BCUT2D eigenvalue weighted by atomic mass is 10.4. The van der Waals surface area contributed by atoms with Crippen molar-refractivity contribution in [2.45, 2.75) is 49.2 Å². The molecule has 4 nitrogen and oxygen atoms in total. The molecule has 0 amide bonds. The third kappa shape index (κ3) is 3.05. The van der Waals surface area contributed by atoms with Crippen molar-refractivity contribution in [3.63, 3.8) is 0 Å². The number of halogens is 1. The van der Waals surface area contributed by atoms with Crippen LogP contribution in [0.25, 0.3) is 0 Å². The first-order chi connectivity index (χ1) is 8.98. The third-order valence-corrected chi connectivity index (χ3v) is 7.73. The Hall–Kier alpha value is 0.0500. The van der Waals surface area contributed by atoms with Gasteiger partial charge >= 0.3 is 0 Å². The summed E-state index contributed by atoms with van der Waals surface area (Å²) in [6, 6.07) is 2.64. The van der Waals surface area contributed by atoms with Crippen LogP contribution in [-0.4, -0.2) is 31.9 Å². The van der Waals surface area contributed by atoms with Crippen LogP contribution in [0.3, 0.4) is 0 Å². The maximum Gasteiger partial charge on any atom is 0.245 e. The van der Waals surface area contributed by atoms with Gasteiger partial charge in [-0.25, -0.2) is 8.42 Å². The first kappa shape index (κ1) is 14.0. The van der Waals surface area contributed by atoms with Gasteiger partial charge in [0.2, 0.25) is 10.0 Å². The van der Waals surface area contributed by atoms with Gasteiger partial charge in [-0.05, 0) is 47.7 Å². The molecule has 0 atom stereocenters. The predicted octanol–water partition coefficient (Wildman–Crippen LogP) is 2.55. The summed E-state index contributed by atoms with van der Waals surface area (Å²) in [5.41, 5.74) is 0. The first-order valence-electron chi connectivity index (χ1n) is 6.48. The summed E-state index contributed by atoms with van der Waals surface area (Å²) in [6.07, 6.45) is 4.44. The minimum absolute atomic E-state index is 0.199. The second-order valence-electron chi connectivity index (χ2n) is 5.26. The quantitative estimate of drug-likeness (QED) is 0.843. The van der Waals surface area contributed by atoms with Crippen LogP contribution in [0.5, 0.6) is 0 Å². The summed E-state index contributed by atoms with van der Waals surface area (Å²) in [5.74, 6) is 0. The summed E-state index contributed by atoms with van der Waals surface area (Å²) in [7, 11) is -1.66. The van der Waals surface area contributed by atoms with Crippen molar-refractivity contribution in [1.82, 2.24) is 9.62 Å². The van der Waals surface area contributed by atoms with Gasteiger partial charge in [0.15, 0.2) is 0 Å². The maximum absolute atomic E-state index is 12.5. The van der Waals surface area contributed by atoms with Crippen LogP contribution in [0, 0.1) is 0 Å². The zero-order valence-corrected chi connectivity index (χ0v) is 13.9. The molecule has 2 saturated carbocycles. The molecular formula is C12H17BrN2O2S2. The molecule has 1 aromatic heterocycles. The highest BCUT2D eigenvalue weighted by Crippen LogP contribution is 2.37. The Morgan fingerprint density at radius 1 is 1.42 bits per heavy atom. The van der Waals surface area contributed by atoms with Gasteiger partial charge in [-0.15, -0.1) is 11.3 Å². The Kier molecular flexibility index (Phi) is 3.77. The first-order valence-corrected chi connectivity index (χ1v) is 9.53. The normalized spacial score (nSPS) is 20.2. The van der Waals surface area contributed by atoms with Crippen molar-refractivity contribution in [3.05, 3.63) is 14.7 Å². The predicted molar refractivity (Wildman–Crippen MR) is 79.9 cm³/mol. The largest absolute Gasteiger partial charge is 0.309 e. The highest BCUT2D eigenvalue weighted by atomic mass is 79.9. The van der Waals surface area contributed by atoms with Crippen molar-refractivity contribution in [2.75, 3.05) is 7.05 Å². The van der Waals surface area contributed by atoms with Gasteiger partial charge in [0.1, 0.15) is 4.90 Å². The van der Waals surface area contributed by atoms with E-state index in [0.29, 0.717) is 14.7 Å². The van der Waals surface area contributed by atoms with Gasteiger partial charge in [0.05, 0.1) is 3.79 Å². The zero-order valence-electron chi connectivity index (χ0n) is 10.7. The van der Waals surface area contributed by atoms with E-state index in [-0.39, 0.29) is 6.04 Å². The molecule has 0 unspecified atom stereocenters. The summed E-state index contributed by atoms with van der Waals surface area (Å²) in [6.45, 7) is 0.761. The van der Waals surface area contributed by atoms with Crippen molar-refractivity contribution in [1.29, 1.82) is 0 Å². The molecule has 2 aliphatic rings. The summed E-state index contributed by atoms with van der Waals surface area (Å²) >= 11 is 4.91. The van der Waals surface area contributed by atoms with E-state index in [1.54, 1.807) is 13.1 Å². The Bertz CT molecular complexity index is 577. The standard InChI is InChI=1S/C12H17BrN2O2S2/c1-15(9-4-5-9)19(16,17)11-6-10(18-12(11)13)7-14-8-2-3-8/h6,8-9,14H,2-5,7H2,1H3. The second-order valence-corrected chi connectivity index (χ2v) is 9.68.